The van der Waals surface area contributed by atoms with Crippen LogP contribution in [0.25, 0.3) is 17.4 Å². The van der Waals surface area contributed by atoms with Gasteiger partial charge in [-0.2, -0.15) is 0 Å². The minimum Gasteiger partial charge on any atom is -0.478 e. The summed E-state index contributed by atoms with van der Waals surface area (Å²) in [5, 5.41) is 12.6. The third-order valence-electron chi connectivity index (χ3n) is 3.77. The smallest absolute Gasteiger partial charge is 0.337 e. The quantitative estimate of drug-likeness (QED) is 0.397. The van der Waals surface area contributed by atoms with Crippen molar-refractivity contribution in [1.82, 2.24) is 0 Å². The highest BCUT2D eigenvalue weighted by atomic mass is 35.5. The van der Waals surface area contributed by atoms with E-state index in [4.69, 9.17) is 55.9 Å². The molecule has 3 rings (SSSR count). The first-order chi connectivity index (χ1) is 13.7. The fraction of sp³-hybridized carbons (Fsp3) is 0. The van der Waals surface area contributed by atoms with Crippen LogP contribution >= 0.6 is 46.4 Å². The van der Waals surface area contributed by atoms with Crippen molar-refractivity contribution in [3.63, 3.8) is 0 Å². The second kappa shape index (κ2) is 8.93. The molecule has 0 fully saturated rings. The fourth-order valence-corrected chi connectivity index (χ4v) is 3.43. The number of carboxylic acids is 1. The summed E-state index contributed by atoms with van der Waals surface area (Å²) in [7, 11) is 0. The maximum Gasteiger partial charge on any atom is 0.337 e. The first-order valence-electron chi connectivity index (χ1n) is 8.01. The van der Waals surface area contributed by atoms with Crippen LogP contribution in [0.4, 0.5) is 5.69 Å². The Morgan fingerprint density at radius 3 is 2.38 bits per heavy atom. The highest BCUT2D eigenvalue weighted by Crippen LogP contribution is 2.32. The number of furan rings is 1. The number of anilines is 1. The number of carboxylic acid groups (broad SMARTS) is 1. The Morgan fingerprint density at radius 2 is 1.69 bits per heavy atom. The van der Waals surface area contributed by atoms with Gasteiger partial charge in [0.25, 0.3) is 0 Å². The van der Waals surface area contributed by atoms with Crippen molar-refractivity contribution in [3.05, 3.63) is 80.0 Å². The van der Waals surface area contributed by atoms with E-state index >= 15 is 0 Å². The van der Waals surface area contributed by atoms with Crippen LogP contribution in [0.5, 0.6) is 0 Å². The van der Waals surface area contributed by atoms with Crippen molar-refractivity contribution in [2.75, 3.05) is 5.32 Å². The lowest BCUT2D eigenvalue weighted by atomic mass is 10.2. The summed E-state index contributed by atoms with van der Waals surface area (Å²) in [6.07, 6.45) is 2.67. The summed E-state index contributed by atoms with van der Waals surface area (Å²) >= 11 is 23.9. The lowest BCUT2D eigenvalue weighted by Crippen LogP contribution is -2.09. The molecule has 1 aromatic heterocycles. The number of rotatable bonds is 5. The van der Waals surface area contributed by atoms with Crippen LogP contribution in [0.15, 0.2) is 53.0 Å². The number of amides is 1. The average Bonchev–Trinajstić information content (AvgIpc) is 3.10. The summed E-state index contributed by atoms with van der Waals surface area (Å²) < 4.78 is 5.67. The first kappa shape index (κ1) is 21.3. The van der Waals surface area contributed by atoms with Gasteiger partial charge in [0.05, 0.1) is 26.3 Å². The van der Waals surface area contributed by atoms with Crippen molar-refractivity contribution >= 4 is 70.0 Å². The van der Waals surface area contributed by atoms with E-state index in [-0.39, 0.29) is 21.3 Å². The van der Waals surface area contributed by atoms with Crippen molar-refractivity contribution in [2.45, 2.75) is 0 Å². The third-order valence-corrected chi connectivity index (χ3v) is 4.94. The lowest BCUT2D eigenvalue weighted by molar-refractivity contribution is -0.111. The van der Waals surface area contributed by atoms with E-state index in [1.807, 2.05) is 0 Å². The molecule has 5 nitrogen and oxygen atoms in total. The maximum atomic E-state index is 12.2. The molecule has 0 aliphatic carbocycles. The Labute approximate surface area is 185 Å². The highest BCUT2D eigenvalue weighted by Gasteiger charge is 2.14. The molecule has 0 unspecified atom stereocenters. The van der Waals surface area contributed by atoms with Crippen LogP contribution in [-0.2, 0) is 4.79 Å². The summed E-state index contributed by atoms with van der Waals surface area (Å²) in [6, 6.07) is 10.8. The zero-order valence-corrected chi connectivity index (χ0v) is 17.4. The molecule has 1 heterocycles. The number of nitrogens with one attached hydrogen (secondary N) is 1. The molecule has 29 heavy (non-hydrogen) atoms. The summed E-state index contributed by atoms with van der Waals surface area (Å²) in [4.78, 5) is 23.3. The van der Waals surface area contributed by atoms with E-state index in [2.05, 4.69) is 5.32 Å². The molecule has 0 saturated heterocycles. The molecule has 2 N–H and O–H groups in total. The van der Waals surface area contributed by atoms with Gasteiger partial charge in [-0.05, 0) is 48.5 Å². The van der Waals surface area contributed by atoms with Crippen molar-refractivity contribution in [1.29, 1.82) is 0 Å². The predicted molar refractivity (Wildman–Crippen MR) is 115 cm³/mol. The maximum absolute atomic E-state index is 12.2. The van der Waals surface area contributed by atoms with Gasteiger partial charge in [-0.25, -0.2) is 4.79 Å². The number of aromatic carboxylic acids is 1. The van der Waals surface area contributed by atoms with E-state index in [9.17, 15) is 9.59 Å². The Bertz CT molecular complexity index is 1140. The molecule has 0 aliphatic rings. The summed E-state index contributed by atoms with van der Waals surface area (Å²) in [6.45, 7) is 0. The molecule has 0 bridgehead atoms. The van der Waals surface area contributed by atoms with Crippen molar-refractivity contribution in [2.24, 2.45) is 0 Å². The minimum atomic E-state index is -1.23. The average molecular weight is 471 g/mol. The lowest BCUT2D eigenvalue weighted by Gasteiger charge is -2.07. The zero-order valence-electron chi connectivity index (χ0n) is 14.4. The number of carbonyl (C=O) groups excluding carboxylic acids is 1. The first-order valence-corrected chi connectivity index (χ1v) is 9.52. The van der Waals surface area contributed by atoms with Gasteiger partial charge in [0, 0.05) is 16.7 Å². The van der Waals surface area contributed by atoms with Gasteiger partial charge in [0.1, 0.15) is 11.5 Å². The van der Waals surface area contributed by atoms with Crippen molar-refractivity contribution in [3.8, 4) is 11.3 Å². The number of carbonyl (C=O) groups is 2. The Kier molecular flexibility index (Phi) is 6.55. The van der Waals surface area contributed by atoms with Gasteiger partial charge < -0.3 is 14.8 Å². The molecule has 0 saturated carbocycles. The number of hydrogen-bond donors (Lipinski definition) is 2. The van der Waals surface area contributed by atoms with Gasteiger partial charge >= 0.3 is 5.97 Å². The topological polar surface area (TPSA) is 79.5 Å². The predicted octanol–water partition coefficient (Wildman–Crippen LogP) is 6.91. The molecular weight excluding hydrogens is 460 g/mol. The molecule has 2 aromatic carbocycles. The Morgan fingerprint density at radius 1 is 0.931 bits per heavy atom. The molecule has 0 aliphatic heterocycles. The van der Waals surface area contributed by atoms with Gasteiger partial charge in [-0.15, -0.1) is 0 Å². The molecule has 0 atom stereocenters. The van der Waals surface area contributed by atoms with Gasteiger partial charge in [0.2, 0.25) is 5.91 Å². The highest BCUT2D eigenvalue weighted by molar-refractivity contribution is 6.38. The van der Waals surface area contributed by atoms with Gasteiger partial charge in [-0.1, -0.05) is 46.4 Å². The minimum absolute atomic E-state index is 0.0278. The van der Waals surface area contributed by atoms with Crippen LogP contribution in [0.3, 0.4) is 0 Å². The number of hydrogen-bond acceptors (Lipinski definition) is 3. The zero-order chi connectivity index (χ0) is 21.1. The van der Waals surface area contributed by atoms with Crippen molar-refractivity contribution < 1.29 is 19.1 Å². The molecule has 1 amide bonds. The summed E-state index contributed by atoms with van der Waals surface area (Å²) in [5.41, 5.74) is 0.608. The van der Waals surface area contributed by atoms with Crippen LogP contribution in [0, 0.1) is 0 Å². The third kappa shape index (κ3) is 5.14. The Balaban J connectivity index is 1.74. The largest absolute Gasteiger partial charge is 0.478 e. The van der Waals surface area contributed by atoms with Gasteiger partial charge in [0.15, 0.2) is 0 Å². The molecule has 0 spiro atoms. The van der Waals surface area contributed by atoms with Crippen LogP contribution < -0.4 is 5.32 Å². The second-order valence-corrected chi connectivity index (χ2v) is 7.42. The van der Waals surface area contributed by atoms with E-state index in [0.29, 0.717) is 27.1 Å². The summed E-state index contributed by atoms with van der Waals surface area (Å²) in [5.74, 6) is -0.845. The molecule has 0 radical (unpaired) electrons. The van der Waals surface area contributed by atoms with Gasteiger partial charge in [-0.3, -0.25) is 4.79 Å². The van der Waals surface area contributed by atoms with E-state index in [1.165, 1.54) is 24.3 Å². The molecule has 9 heteroatoms. The van der Waals surface area contributed by atoms with Crippen LogP contribution in [-0.4, -0.2) is 17.0 Å². The van der Waals surface area contributed by atoms with E-state index < -0.39 is 11.9 Å². The SMILES string of the molecule is O=C(/C=C/c1ccc(-c2ccc(Cl)cc2Cl)o1)Nc1cc(C(=O)O)c(Cl)cc1Cl. The fourth-order valence-electron chi connectivity index (χ4n) is 2.42. The number of halogens is 4. The number of benzene rings is 2. The Hall–Kier alpha value is -2.44. The monoisotopic (exact) mass is 469 g/mol. The molecular formula is C20H11Cl4NO4. The van der Waals surface area contributed by atoms with E-state index in [0.717, 1.165) is 0 Å². The van der Waals surface area contributed by atoms with Crippen LogP contribution in [0.1, 0.15) is 16.1 Å². The normalized spacial score (nSPS) is 11.0. The standard InChI is InChI=1S/C20H11Cl4NO4/c21-10-1-4-12(14(22)7-10)18-5-2-11(29-18)3-6-19(26)25-17-8-13(20(27)28)15(23)9-16(17)24/h1-9H,(H,25,26)(H,27,28)/b6-3+. The molecule has 3 aromatic rings. The van der Waals surface area contributed by atoms with E-state index in [1.54, 1.807) is 30.3 Å². The molecule has 148 valence electrons. The second-order valence-electron chi connectivity index (χ2n) is 5.77. The van der Waals surface area contributed by atoms with Crippen LogP contribution in [0.2, 0.25) is 20.1 Å².